The number of carbonyl (C=O) groups is 1. The number of carbonyl (C=O) groups excluding carboxylic acids is 1. The largest absolute Gasteiger partial charge is 0.481 e. The average molecular weight is 623 g/mol. The van der Waals surface area contributed by atoms with Gasteiger partial charge < -0.3 is 65.7 Å². The van der Waals surface area contributed by atoms with Gasteiger partial charge in [-0.3, -0.25) is 18.9 Å². The van der Waals surface area contributed by atoms with Crippen molar-refractivity contribution in [3.63, 3.8) is 0 Å². The number of hydrogen-bond donors (Lipinski definition) is 12. The molecule has 0 aliphatic carbocycles. The van der Waals surface area contributed by atoms with Gasteiger partial charge in [-0.05, 0) is 0 Å². The summed E-state index contributed by atoms with van der Waals surface area (Å²) in [5.41, 5.74) is 4.65. The summed E-state index contributed by atoms with van der Waals surface area (Å²) in [6.07, 6.45) is -11.7. The fourth-order valence-corrected chi connectivity index (χ4v) is 4.77. The number of anilines is 1. The van der Waals surface area contributed by atoms with Crippen LogP contribution in [0.2, 0.25) is 0 Å². The second kappa shape index (κ2) is 13.6. The lowest BCUT2D eigenvalue weighted by atomic mass is 10.0. The molecule has 1 saturated heterocycles. The van der Waals surface area contributed by atoms with E-state index in [0.29, 0.717) is 0 Å². The Morgan fingerprint density at radius 2 is 1.77 bits per heavy atom. The van der Waals surface area contributed by atoms with Crippen molar-refractivity contribution in [3.8, 4) is 0 Å². The van der Waals surface area contributed by atoms with E-state index in [1.54, 1.807) is 0 Å². The average Bonchev–Trinajstić information content (AvgIpc) is 3.40. The molecule has 0 amide bonds. The fraction of sp³-hybridized carbons (Fsp3) is 0.625. The highest BCUT2D eigenvalue weighted by Gasteiger charge is 2.46. The Morgan fingerprint density at radius 1 is 1.15 bits per heavy atom. The summed E-state index contributed by atoms with van der Waals surface area (Å²) in [6, 6.07) is 0. The molecule has 13 N–H and O–H groups in total. The number of fused-ring (bicyclic) bond motifs is 1. The van der Waals surface area contributed by atoms with Crippen LogP contribution in [0.4, 0.5) is 5.95 Å². The highest BCUT2D eigenvalue weighted by atomic mass is 31.3. The number of aromatic amines is 1. The first kappa shape index (κ1) is 34.0. The predicted octanol–water partition coefficient (Wildman–Crippen LogP) is -5.83. The van der Waals surface area contributed by atoms with E-state index in [2.05, 4.69) is 23.8 Å². The number of phosphoric acid groups is 2. The number of nitrogens with one attached hydrogen (secondary N) is 1. The minimum Gasteiger partial charge on any atom is -0.394 e. The number of aliphatic hydroxyl groups is 7. The molecule has 2 aromatic heterocycles. The maximum atomic E-state index is 11.8. The zero-order valence-electron chi connectivity index (χ0n) is 19.8. The molecule has 0 radical (unpaired) electrons. The number of ether oxygens (including phenoxy) is 1. The second-order valence-corrected chi connectivity index (χ2v) is 10.8. The van der Waals surface area contributed by atoms with Gasteiger partial charge in [-0.1, -0.05) is 0 Å². The molecular formula is C16H27N5O17P2. The third-order valence-electron chi connectivity index (χ3n) is 5.09. The molecule has 2 aromatic rings. The van der Waals surface area contributed by atoms with E-state index < -0.39 is 83.4 Å². The summed E-state index contributed by atoms with van der Waals surface area (Å²) < 4.78 is 36.6. The summed E-state index contributed by atoms with van der Waals surface area (Å²) >= 11 is 0. The summed E-state index contributed by atoms with van der Waals surface area (Å²) in [5.74, 6) is -0.233. The van der Waals surface area contributed by atoms with Gasteiger partial charge in [0.2, 0.25) is 5.95 Å². The second-order valence-electron chi connectivity index (χ2n) is 8.02. The molecule has 5 unspecified atom stereocenters. The van der Waals surface area contributed by atoms with E-state index in [9.17, 15) is 33.8 Å². The van der Waals surface area contributed by atoms with Crippen molar-refractivity contribution in [2.24, 2.45) is 0 Å². The van der Waals surface area contributed by atoms with Crippen molar-refractivity contribution in [1.29, 1.82) is 0 Å². The van der Waals surface area contributed by atoms with E-state index in [1.807, 2.05) is 0 Å². The van der Waals surface area contributed by atoms with Crippen LogP contribution >= 0.6 is 15.6 Å². The zero-order valence-corrected chi connectivity index (χ0v) is 21.6. The Hall–Kier alpha value is -2.24. The van der Waals surface area contributed by atoms with E-state index in [0.717, 1.165) is 10.9 Å². The summed E-state index contributed by atoms with van der Waals surface area (Å²) in [7, 11) is -10.5. The molecule has 0 aromatic carbocycles. The first-order valence-corrected chi connectivity index (χ1v) is 13.7. The predicted molar refractivity (Wildman–Crippen MR) is 125 cm³/mol. The SMILES string of the molecule is Nc1nc2c(ncn2[C@@H]2O[C@H](COP(=O)(O)OP(=O)(O)O)[C@@H](O)[C@H]2O)c(=O)[nH]1.O=CC(O)C(O)C(O)C(O)CO. The van der Waals surface area contributed by atoms with Crippen molar-refractivity contribution in [1.82, 2.24) is 19.5 Å². The monoisotopic (exact) mass is 623 g/mol. The van der Waals surface area contributed by atoms with Gasteiger partial charge in [-0.25, -0.2) is 14.1 Å². The van der Waals surface area contributed by atoms with Gasteiger partial charge in [0.05, 0.1) is 19.5 Å². The number of rotatable bonds is 11. The number of aromatic nitrogens is 4. The summed E-state index contributed by atoms with van der Waals surface area (Å²) in [5, 5.41) is 63.8. The van der Waals surface area contributed by atoms with Crippen LogP contribution in [0, 0.1) is 0 Å². The smallest absolute Gasteiger partial charge is 0.394 e. The molecule has 1 fully saturated rings. The molecule has 1 aliphatic heterocycles. The van der Waals surface area contributed by atoms with Crippen LogP contribution in [0.1, 0.15) is 6.23 Å². The van der Waals surface area contributed by atoms with E-state index >= 15 is 0 Å². The Morgan fingerprint density at radius 3 is 2.33 bits per heavy atom. The van der Waals surface area contributed by atoms with Gasteiger partial charge in [0.25, 0.3) is 5.56 Å². The Bertz CT molecular complexity index is 1300. The van der Waals surface area contributed by atoms with Crippen LogP contribution in [-0.4, -0.2) is 132 Å². The third-order valence-corrected chi connectivity index (χ3v) is 7.25. The van der Waals surface area contributed by atoms with Gasteiger partial charge in [0.1, 0.15) is 42.7 Å². The van der Waals surface area contributed by atoms with E-state index in [1.165, 1.54) is 0 Å². The lowest BCUT2D eigenvalue weighted by Gasteiger charge is -2.22. The molecule has 0 spiro atoms. The van der Waals surface area contributed by atoms with Crippen LogP contribution in [0.25, 0.3) is 11.2 Å². The minimum atomic E-state index is -5.32. The van der Waals surface area contributed by atoms with Gasteiger partial charge in [0.15, 0.2) is 23.7 Å². The van der Waals surface area contributed by atoms with Gasteiger partial charge >= 0.3 is 15.6 Å². The van der Waals surface area contributed by atoms with Gasteiger partial charge in [0, 0.05) is 0 Å². The lowest BCUT2D eigenvalue weighted by Crippen LogP contribution is -2.46. The van der Waals surface area contributed by atoms with Crippen LogP contribution in [0.3, 0.4) is 0 Å². The molecule has 3 heterocycles. The van der Waals surface area contributed by atoms with Crippen LogP contribution in [-0.2, 0) is 27.5 Å². The van der Waals surface area contributed by atoms with Gasteiger partial charge in [-0.2, -0.15) is 9.29 Å². The van der Waals surface area contributed by atoms with Crippen LogP contribution in [0.15, 0.2) is 11.1 Å². The van der Waals surface area contributed by atoms with Crippen molar-refractivity contribution in [2.45, 2.75) is 49.0 Å². The molecule has 9 atom stereocenters. The minimum absolute atomic E-state index is 0.0258. The number of aldehydes is 1. The maximum absolute atomic E-state index is 11.8. The van der Waals surface area contributed by atoms with Crippen molar-refractivity contribution in [3.05, 3.63) is 16.7 Å². The number of imidazole rings is 1. The molecule has 24 heteroatoms. The van der Waals surface area contributed by atoms with Crippen molar-refractivity contribution in [2.75, 3.05) is 18.9 Å². The lowest BCUT2D eigenvalue weighted by molar-refractivity contribution is -0.136. The topological polar surface area (TPSA) is 371 Å². The molecule has 1 aliphatic rings. The van der Waals surface area contributed by atoms with E-state index in [4.69, 9.17) is 45.8 Å². The Labute approximate surface area is 221 Å². The normalized spacial score (nSPS) is 25.9. The fourth-order valence-electron chi connectivity index (χ4n) is 3.17. The molecule has 3 rings (SSSR count). The highest BCUT2D eigenvalue weighted by molar-refractivity contribution is 7.60. The Balaban J connectivity index is 0.000000395. The first-order chi connectivity index (χ1) is 18.4. The zero-order chi connectivity index (χ0) is 30.6. The number of aliphatic hydroxyl groups excluding tert-OH is 7. The van der Waals surface area contributed by atoms with Crippen LogP contribution < -0.4 is 11.3 Å². The summed E-state index contributed by atoms with van der Waals surface area (Å²) in [4.78, 5) is 58.0. The number of phosphoric ester groups is 1. The molecular weight excluding hydrogens is 596 g/mol. The number of nitrogens with two attached hydrogens (primary N) is 1. The van der Waals surface area contributed by atoms with Gasteiger partial charge in [-0.15, -0.1) is 0 Å². The number of nitrogens with zero attached hydrogens (tertiary/aromatic N) is 3. The van der Waals surface area contributed by atoms with Crippen LogP contribution in [0.5, 0.6) is 0 Å². The molecule has 40 heavy (non-hydrogen) atoms. The molecule has 228 valence electrons. The van der Waals surface area contributed by atoms with Crippen molar-refractivity contribution < 1.29 is 77.9 Å². The quantitative estimate of drug-likeness (QED) is 0.0818. The number of nitrogen functional groups attached to an aromatic ring is 1. The summed E-state index contributed by atoms with van der Waals surface area (Å²) in [6.45, 7) is -1.63. The van der Waals surface area contributed by atoms with E-state index in [-0.39, 0.29) is 23.4 Å². The highest BCUT2D eigenvalue weighted by Crippen LogP contribution is 2.57. The maximum Gasteiger partial charge on any atom is 0.481 e. The first-order valence-electron chi connectivity index (χ1n) is 10.7. The third kappa shape index (κ3) is 8.63. The molecule has 22 nitrogen and oxygen atoms in total. The standard InChI is InChI=1S/C10H15N5O11P2.C6H12O6/c11-10-13-7-4(8(18)14-10)12-2-15(7)9-6(17)5(16)3(25-9)1-24-28(22,23)26-27(19,20)21;7-1-3(9)5(11)6(12)4(10)2-8/h2-3,5-6,9,16-17H,1H2,(H,22,23)(H2,19,20,21)(H3,11,13,14,18);1,3-6,8-12H,2H2/t3-,5-,6-,9-;/m1./s1. The molecule has 0 bridgehead atoms. The number of H-pyrrole nitrogens is 1. The van der Waals surface area contributed by atoms with Crippen molar-refractivity contribution >= 4 is 39.0 Å². The number of hydrogen-bond acceptors (Lipinski definition) is 17. The molecule has 0 saturated carbocycles. The Kier molecular flexibility index (Phi) is 11.6.